The number of hydrogen-bond acceptors (Lipinski definition) is 1. The van der Waals surface area contributed by atoms with E-state index >= 15 is 0 Å². The molecule has 0 radical (unpaired) electrons. The van der Waals surface area contributed by atoms with E-state index in [1.807, 2.05) is 0 Å². The van der Waals surface area contributed by atoms with Crippen molar-refractivity contribution < 1.29 is 18.7 Å². The molecular weight excluding hydrogens is 238 g/mol. The molecule has 0 bridgehead atoms. The molecule has 0 fully saturated rings. The minimum atomic E-state index is -1.37. The summed E-state index contributed by atoms with van der Waals surface area (Å²) >= 11 is 5.40. The molecule has 0 aliphatic carbocycles. The van der Waals surface area contributed by atoms with Crippen molar-refractivity contribution in [3.05, 3.63) is 41.0 Å². The van der Waals surface area contributed by atoms with Crippen LogP contribution in [-0.4, -0.2) is 17.0 Å². The van der Waals surface area contributed by atoms with Gasteiger partial charge in [-0.3, -0.25) is 0 Å². The lowest BCUT2D eigenvalue weighted by atomic mass is 10.1. The van der Waals surface area contributed by atoms with Gasteiger partial charge in [-0.15, -0.1) is 11.6 Å². The molecule has 0 aliphatic rings. The molecule has 0 aromatic heterocycles. The maximum Gasteiger partial charge on any atom is 0.335 e. The summed E-state index contributed by atoms with van der Waals surface area (Å²) in [5.74, 6) is -2.81. The van der Waals surface area contributed by atoms with Crippen LogP contribution in [0.1, 0.15) is 22.3 Å². The van der Waals surface area contributed by atoms with Crippen molar-refractivity contribution in [3.8, 4) is 0 Å². The molecule has 0 unspecified atom stereocenters. The monoisotopic (exact) mass is 246 g/mol. The van der Waals surface area contributed by atoms with Crippen molar-refractivity contribution in [2.24, 2.45) is 0 Å². The second-order valence-corrected chi connectivity index (χ2v) is 3.42. The standard InChI is InChI=1S/C11H9ClF2O2/c12-4-2-1-3-8-9(13)5-7(11(15)16)6-10(8)14/h1,3,5-6H,2,4H2,(H,15,16). The van der Waals surface area contributed by atoms with E-state index < -0.39 is 23.2 Å². The zero-order valence-corrected chi connectivity index (χ0v) is 8.97. The van der Waals surface area contributed by atoms with E-state index in [1.165, 1.54) is 12.2 Å². The van der Waals surface area contributed by atoms with Gasteiger partial charge >= 0.3 is 5.97 Å². The topological polar surface area (TPSA) is 37.3 Å². The number of carboxylic acids is 1. The molecule has 0 aliphatic heterocycles. The Kier molecular flexibility index (Phi) is 4.43. The zero-order chi connectivity index (χ0) is 12.1. The number of alkyl halides is 1. The maximum atomic E-state index is 13.3. The fourth-order valence-corrected chi connectivity index (χ4v) is 1.26. The summed E-state index contributed by atoms with van der Waals surface area (Å²) in [4.78, 5) is 10.5. The second-order valence-electron chi connectivity index (χ2n) is 3.04. The van der Waals surface area contributed by atoms with Gasteiger partial charge in [0.25, 0.3) is 0 Å². The summed E-state index contributed by atoms with van der Waals surface area (Å²) in [6.45, 7) is 0. The first-order valence-corrected chi connectivity index (χ1v) is 5.04. The van der Waals surface area contributed by atoms with E-state index in [0.717, 1.165) is 12.1 Å². The fraction of sp³-hybridized carbons (Fsp3) is 0.182. The third-order valence-corrected chi connectivity index (χ3v) is 2.10. The molecule has 16 heavy (non-hydrogen) atoms. The van der Waals surface area contributed by atoms with E-state index in [1.54, 1.807) is 0 Å². The highest BCUT2D eigenvalue weighted by Crippen LogP contribution is 2.17. The number of carbonyl (C=O) groups is 1. The average molecular weight is 247 g/mol. The van der Waals surface area contributed by atoms with Crippen LogP contribution in [0.5, 0.6) is 0 Å². The van der Waals surface area contributed by atoms with Gasteiger partial charge in [-0.1, -0.05) is 12.2 Å². The van der Waals surface area contributed by atoms with Gasteiger partial charge in [0.05, 0.1) is 5.56 Å². The summed E-state index contributed by atoms with van der Waals surface area (Å²) in [6, 6.07) is 1.57. The number of halogens is 3. The molecule has 0 atom stereocenters. The molecule has 86 valence electrons. The minimum absolute atomic E-state index is 0.255. The van der Waals surface area contributed by atoms with Gasteiger partial charge < -0.3 is 5.11 Å². The first-order chi connectivity index (χ1) is 7.56. The van der Waals surface area contributed by atoms with Gasteiger partial charge in [0.15, 0.2) is 0 Å². The number of rotatable bonds is 4. The summed E-state index contributed by atoms with van der Waals surface area (Å²) in [6.07, 6.45) is 3.26. The fourth-order valence-electron chi connectivity index (χ4n) is 1.13. The van der Waals surface area contributed by atoms with Crippen molar-refractivity contribution >= 4 is 23.6 Å². The molecule has 0 saturated heterocycles. The Labute approximate surface area is 96.2 Å². The Morgan fingerprint density at radius 3 is 2.38 bits per heavy atom. The Hall–Kier alpha value is -1.42. The Morgan fingerprint density at radius 1 is 1.38 bits per heavy atom. The lowest BCUT2D eigenvalue weighted by Crippen LogP contribution is -2.00. The van der Waals surface area contributed by atoms with E-state index in [-0.39, 0.29) is 5.56 Å². The molecule has 0 heterocycles. The van der Waals surface area contributed by atoms with Gasteiger partial charge in [0.1, 0.15) is 11.6 Å². The lowest BCUT2D eigenvalue weighted by molar-refractivity contribution is 0.0695. The van der Waals surface area contributed by atoms with Crippen molar-refractivity contribution in [1.82, 2.24) is 0 Å². The minimum Gasteiger partial charge on any atom is -0.478 e. The highest BCUT2D eigenvalue weighted by Gasteiger charge is 2.12. The summed E-state index contributed by atoms with van der Waals surface area (Å²) in [5.41, 5.74) is -0.667. The molecule has 0 saturated carbocycles. The molecule has 1 aromatic rings. The molecule has 1 aromatic carbocycles. The van der Waals surface area contributed by atoms with Gasteiger partial charge in [0, 0.05) is 11.4 Å². The van der Waals surface area contributed by atoms with Crippen LogP contribution in [0.15, 0.2) is 18.2 Å². The first kappa shape index (κ1) is 12.6. The van der Waals surface area contributed by atoms with Gasteiger partial charge in [-0.25, -0.2) is 13.6 Å². The van der Waals surface area contributed by atoms with E-state index in [9.17, 15) is 13.6 Å². The predicted octanol–water partition coefficient (Wildman–Crippen LogP) is 3.31. The molecule has 0 amide bonds. The van der Waals surface area contributed by atoms with Gasteiger partial charge in [0.2, 0.25) is 0 Å². The van der Waals surface area contributed by atoms with Gasteiger partial charge in [-0.05, 0) is 18.6 Å². The normalized spacial score (nSPS) is 10.9. The molecule has 1 rings (SSSR count). The summed E-state index contributed by atoms with van der Waals surface area (Å²) in [7, 11) is 0. The van der Waals surface area contributed by atoms with Crippen molar-refractivity contribution in [1.29, 1.82) is 0 Å². The third kappa shape index (κ3) is 3.03. The molecular formula is C11H9ClF2O2. The number of allylic oxidation sites excluding steroid dienone is 1. The molecule has 2 nitrogen and oxygen atoms in total. The lowest BCUT2D eigenvalue weighted by Gasteiger charge is -2.01. The van der Waals surface area contributed by atoms with E-state index in [2.05, 4.69) is 0 Å². The first-order valence-electron chi connectivity index (χ1n) is 4.51. The highest BCUT2D eigenvalue weighted by atomic mass is 35.5. The van der Waals surface area contributed by atoms with Crippen molar-refractivity contribution in [2.75, 3.05) is 5.88 Å². The number of aromatic carboxylic acids is 1. The van der Waals surface area contributed by atoms with Crippen LogP contribution in [0.4, 0.5) is 8.78 Å². The van der Waals surface area contributed by atoms with Crippen molar-refractivity contribution in [2.45, 2.75) is 6.42 Å². The number of benzene rings is 1. The van der Waals surface area contributed by atoms with Crippen LogP contribution in [0, 0.1) is 11.6 Å². The maximum absolute atomic E-state index is 13.3. The molecule has 0 spiro atoms. The highest BCUT2D eigenvalue weighted by molar-refractivity contribution is 6.17. The van der Waals surface area contributed by atoms with Crippen LogP contribution in [0.2, 0.25) is 0 Å². The van der Waals surface area contributed by atoms with Crippen LogP contribution in [0.25, 0.3) is 6.08 Å². The van der Waals surface area contributed by atoms with Crippen LogP contribution < -0.4 is 0 Å². The quantitative estimate of drug-likeness (QED) is 0.828. The zero-order valence-electron chi connectivity index (χ0n) is 8.21. The SMILES string of the molecule is O=C(O)c1cc(F)c(C=CCCCl)c(F)c1. The summed E-state index contributed by atoms with van der Waals surface area (Å²) < 4.78 is 26.6. The largest absolute Gasteiger partial charge is 0.478 e. The Bertz CT molecular complexity index is 407. The molecule has 5 heteroatoms. The van der Waals surface area contributed by atoms with Crippen molar-refractivity contribution in [3.63, 3.8) is 0 Å². The van der Waals surface area contributed by atoms with Crippen LogP contribution in [0.3, 0.4) is 0 Å². The van der Waals surface area contributed by atoms with Gasteiger partial charge in [-0.2, -0.15) is 0 Å². The van der Waals surface area contributed by atoms with Crippen LogP contribution in [-0.2, 0) is 0 Å². The Balaban J connectivity index is 3.07. The number of hydrogen-bond donors (Lipinski definition) is 1. The predicted molar refractivity (Wildman–Crippen MR) is 57.7 cm³/mol. The smallest absolute Gasteiger partial charge is 0.335 e. The average Bonchev–Trinajstić information content (AvgIpc) is 2.21. The number of carboxylic acid groups (broad SMARTS) is 1. The van der Waals surface area contributed by atoms with E-state index in [4.69, 9.17) is 16.7 Å². The molecule has 1 N–H and O–H groups in total. The summed E-state index contributed by atoms with van der Waals surface area (Å²) in [5, 5.41) is 8.57. The Morgan fingerprint density at radius 2 is 1.94 bits per heavy atom. The van der Waals surface area contributed by atoms with Crippen LogP contribution >= 0.6 is 11.6 Å². The van der Waals surface area contributed by atoms with E-state index in [0.29, 0.717) is 12.3 Å². The third-order valence-electron chi connectivity index (χ3n) is 1.89. The second kappa shape index (κ2) is 5.61.